The van der Waals surface area contributed by atoms with Crippen molar-refractivity contribution in [2.75, 3.05) is 5.75 Å². The van der Waals surface area contributed by atoms with E-state index in [0.29, 0.717) is 15.9 Å². The van der Waals surface area contributed by atoms with Gasteiger partial charge >= 0.3 is 0 Å². The number of carbonyl (C=O) groups is 1. The summed E-state index contributed by atoms with van der Waals surface area (Å²) in [7, 11) is 0. The average Bonchev–Trinajstić information content (AvgIpc) is 2.84. The molecule has 1 aromatic carbocycles. The topological polar surface area (TPSA) is 79.2 Å². The summed E-state index contributed by atoms with van der Waals surface area (Å²) in [6, 6.07) is 7.46. The minimum Gasteiger partial charge on any atom is -0.431 e. The summed E-state index contributed by atoms with van der Waals surface area (Å²) < 4.78 is 5.52. The van der Waals surface area contributed by atoms with Crippen molar-refractivity contribution in [3.05, 3.63) is 24.3 Å². The van der Waals surface area contributed by atoms with E-state index in [1.165, 1.54) is 11.8 Å². The fourth-order valence-corrected chi connectivity index (χ4v) is 2.57. The molecule has 0 aliphatic rings. The number of amides is 1. The van der Waals surface area contributed by atoms with Crippen molar-refractivity contribution < 1.29 is 9.21 Å². The standard InChI is InChI=1S/C14H18N4O2S2/c1-14(2,3)16-12(21)18-17-11(19)8-22-13-15-9-6-4-5-7-10(9)20-13/h4-7H,8H2,1-3H3,(H,17,19)(H2,16,18,21). The molecule has 22 heavy (non-hydrogen) atoms. The van der Waals surface area contributed by atoms with E-state index in [0.717, 1.165) is 5.52 Å². The van der Waals surface area contributed by atoms with Crippen molar-refractivity contribution in [1.29, 1.82) is 0 Å². The fourth-order valence-electron chi connectivity index (χ4n) is 1.57. The second kappa shape index (κ2) is 6.97. The monoisotopic (exact) mass is 338 g/mol. The molecule has 0 aliphatic heterocycles. The molecule has 0 unspecified atom stereocenters. The fraction of sp³-hybridized carbons (Fsp3) is 0.357. The van der Waals surface area contributed by atoms with Crippen LogP contribution in [0.4, 0.5) is 0 Å². The van der Waals surface area contributed by atoms with Crippen LogP contribution in [0.1, 0.15) is 20.8 Å². The number of nitrogens with zero attached hydrogens (tertiary/aromatic N) is 1. The molecule has 1 heterocycles. The van der Waals surface area contributed by atoms with Crippen LogP contribution < -0.4 is 16.2 Å². The third-order valence-corrected chi connectivity index (χ3v) is 3.44. The molecular formula is C14H18N4O2S2. The molecule has 0 radical (unpaired) electrons. The number of aromatic nitrogens is 1. The van der Waals surface area contributed by atoms with Gasteiger partial charge in [-0.1, -0.05) is 23.9 Å². The van der Waals surface area contributed by atoms with Crippen LogP contribution in [-0.2, 0) is 4.79 Å². The third kappa shape index (κ3) is 5.19. The highest BCUT2D eigenvalue weighted by Gasteiger charge is 2.12. The predicted octanol–water partition coefficient (Wildman–Crippen LogP) is 2.21. The Morgan fingerprint density at radius 2 is 2.05 bits per heavy atom. The number of fused-ring (bicyclic) bond motifs is 1. The van der Waals surface area contributed by atoms with Gasteiger partial charge in [-0.05, 0) is 45.1 Å². The second-order valence-corrected chi connectivity index (χ2v) is 6.95. The van der Waals surface area contributed by atoms with E-state index < -0.39 is 0 Å². The smallest absolute Gasteiger partial charge is 0.257 e. The lowest BCUT2D eigenvalue weighted by Crippen LogP contribution is -2.52. The summed E-state index contributed by atoms with van der Waals surface area (Å²) in [5.74, 6) is -0.0388. The first-order chi connectivity index (χ1) is 10.3. The molecule has 0 bridgehead atoms. The van der Waals surface area contributed by atoms with Gasteiger partial charge in [0.25, 0.3) is 5.22 Å². The molecule has 0 fully saturated rings. The number of hydrogen-bond acceptors (Lipinski definition) is 5. The number of nitrogens with one attached hydrogen (secondary N) is 3. The van der Waals surface area contributed by atoms with Gasteiger partial charge in [0.2, 0.25) is 5.91 Å². The molecule has 0 saturated carbocycles. The zero-order valence-electron chi connectivity index (χ0n) is 12.6. The molecule has 1 amide bonds. The Balaban J connectivity index is 1.77. The number of thiocarbonyl (C=S) groups is 1. The van der Waals surface area contributed by atoms with Crippen molar-refractivity contribution in [2.24, 2.45) is 0 Å². The Morgan fingerprint density at radius 1 is 1.32 bits per heavy atom. The first-order valence-electron chi connectivity index (χ1n) is 6.69. The lowest BCUT2D eigenvalue weighted by Gasteiger charge is -2.22. The minimum atomic E-state index is -0.217. The van der Waals surface area contributed by atoms with Crippen molar-refractivity contribution in [2.45, 2.75) is 31.5 Å². The van der Waals surface area contributed by atoms with Crippen molar-refractivity contribution in [1.82, 2.24) is 21.2 Å². The van der Waals surface area contributed by atoms with Crippen LogP contribution in [0.25, 0.3) is 11.1 Å². The van der Waals surface area contributed by atoms with Crippen molar-refractivity contribution in [3.8, 4) is 0 Å². The molecule has 2 rings (SSSR count). The minimum absolute atomic E-state index is 0.165. The molecule has 0 aliphatic carbocycles. The largest absolute Gasteiger partial charge is 0.431 e. The van der Waals surface area contributed by atoms with Crippen molar-refractivity contribution in [3.63, 3.8) is 0 Å². The maximum Gasteiger partial charge on any atom is 0.257 e. The second-order valence-electron chi connectivity index (χ2n) is 5.61. The van der Waals surface area contributed by atoms with E-state index in [2.05, 4.69) is 21.2 Å². The third-order valence-electron chi connectivity index (χ3n) is 2.40. The molecule has 3 N–H and O–H groups in total. The van der Waals surface area contributed by atoms with Gasteiger partial charge in [0.05, 0.1) is 5.75 Å². The number of oxazole rings is 1. The Bertz CT molecular complexity index is 646. The number of rotatable bonds is 3. The highest BCUT2D eigenvalue weighted by molar-refractivity contribution is 7.99. The molecule has 0 atom stereocenters. The first-order valence-corrected chi connectivity index (χ1v) is 8.08. The van der Waals surface area contributed by atoms with Crippen LogP contribution >= 0.6 is 24.0 Å². The van der Waals surface area contributed by atoms with Crippen LogP contribution in [-0.4, -0.2) is 27.3 Å². The van der Waals surface area contributed by atoms with Gasteiger partial charge in [0.1, 0.15) is 5.52 Å². The van der Waals surface area contributed by atoms with Crippen LogP contribution in [0.15, 0.2) is 33.9 Å². The SMILES string of the molecule is CC(C)(C)NC(=S)NNC(=O)CSc1nc2ccccc2o1. The number of para-hydroxylation sites is 2. The molecular weight excluding hydrogens is 320 g/mol. The molecule has 0 saturated heterocycles. The molecule has 8 heteroatoms. The van der Waals surface area contributed by atoms with E-state index in [4.69, 9.17) is 16.6 Å². The van der Waals surface area contributed by atoms with Crippen LogP contribution in [0.3, 0.4) is 0 Å². The zero-order chi connectivity index (χ0) is 16.2. The predicted molar refractivity (Wildman–Crippen MR) is 91.5 cm³/mol. The zero-order valence-corrected chi connectivity index (χ0v) is 14.2. The van der Waals surface area contributed by atoms with Gasteiger partial charge in [-0.25, -0.2) is 4.98 Å². The van der Waals surface area contributed by atoms with E-state index in [-0.39, 0.29) is 17.2 Å². The number of hydrazine groups is 1. The number of benzene rings is 1. The molecule has 1 aromatic heterocycles. The van der Waals surface area contributed by atoms with E-state index in [9.17, 15) is 4.79 Å². The summed E-state index contributed by atoms with van der Waals surface area (Å²) in [5, 5.41) is 3.87. The Kier molecular flexibility index (Phi) is 5.25. The number of carbonyl (C=O) groups excluding carboxylic acids is 1. The van der Waals surface area contributed by atoms with E-state index >= 15 is 0 Å². The summed E-state index contributed by atoms with van der Waals surface area (Å²) in [6.45, 7) is 5.93. The van der Waals surface area contributed by atoms with Gasteiger partial charge in [0, 0.05) is 5.54 Å². The lowest BCUT2D eigenvalue weighted by molar-refractivity contribution is -0.119. The number of hydrogen-bond donors (Lipinski definition) is 3. The molecule has 2 aromatic rings. The van der Waals surface area contributed by atoms with Gasteiger partial charge in [-0.2, -0.15) is 0 Å². The number of thioether (sulfide) groups is 1. The van der Waals surface area contributed by atoms with Gasteiger partial charge in [-0.15, -0.1) is 0 Å². The van der Waals surface area contributed by atoms with E-state index in [1.54, 1.807) is 0 Å². The summed E-state index contributed by atoms with van der Waals surface area (Å²) >= 11 is 6.29. The highest BCUT2D eigenvalue weighted by Crippen LogP contribution is 2.22. The summed E-state index contributed by atoms with van der Waals surface area (Å²) in [4.78, 5) is 16.0. The normalized spacial score (nSPS) is 11.2. The van der Waals surface area contributed by atoms with E-state index in [1.807, 2.05) is 45.0 Å². The Morgan fingerprint density at radius 3 is 2.73 bits per heavy atom. The highest BCUT2D eigenvalue weighted by atomic mass is 32.2. The average molecular weight is 338 g/mol. The quantitative estimate of drug-likeness (QED) is 0.450. The van der Waals surface area contributed by atoms with Crippen LogP contribution in [0.5, 0.6) is 0 Å². The maximum absolute atomic E-state index is 11.8. The molecule has 6 nitrogen and oxygen atoms in total. The van der Waals surface area contributed by atoms with Gasteiger partial charge in [-0.3, -0.25) is 15.6 Å². The summed E-state index contributed by atoms with van der Waals surface area (Å²) in [5.41, 5.74) is 6.50. The van der Waals surface area contributed by atoms with Crippen molar-refractivity contribution >= 4 is 46.1 Å². The first kappa shape index (κ1) is 16.6. The molecule has 118 valence electrons. The van der Waals surface area contributed by atoms with Gasteiger partial charge < -0.3 is 9.73 Å². The summed E-state index contributed by atoms with van der Waals surface area (Å²) in [6.07, 6.45) is 0. The van der Waals surface area contributed by atoms with Crippen LogP contribution in [0, 0.1) is 0 Å². The maximum atomic E-state index is 11.8. The van der Waals surface area contributed by atoms with Gasteiger partial charge in [0.15, 0.2) is 10.7 Å². The van der Waals surface area contributed by atoms with Crippen LogP contribution in [0.2, 0.25) is 0 Å². The Labute approximate surface area is 138 Å². The Hall–Kier alpha value is -1.80. The molecule has 0 spiro atoms. The lowest BCUT2D eigenvalue weighted by atomic mass is 10.1.